The third-order valence-electron chi connectivity index (χ3n) is 3.04. The summed E-state index contributed by atoms with van der Waals surface area (Å²) in [6.07, 6.45) is 3.62. The maximum Gasteiger partial charge on any atom is 0.197 e. The van der Waals surface area contributed by atoms with E-state index in [4.69, 9.17) is 10.2 Å². The lowest BCUT2D eigenvalue weighted by molar-refractivity contribution is 0.577. The lowest BCUT2D eigenvalue weighted by Gasteiger charge is -2.02. The van der Waals surface area contributed by atoms with Crippen LogP contribution in [-0.4, -0.2) is 14.5 Å². The predicted molar refractivity (Wildman–Crippen MR) is 68.8 cm³/mol. The number of nitrogens with two attached hydrogens (primary N) is 1. The van der Waals surface area contributed by atoms with Crippen molar-refractivity contribution < 1.29 is 4.42 Å². The Bertz CT molecular complexity index is 697. The highest BCUT2D eigenvalue weighted by Crippen LogP contribution is 2.25. The molecule has 18 heavy (non-hydrogen) atoms. The van der Waals surface area contributed by atoms with E-state index in [2.05, 4.69) is 9.97 Å². The number of aryl methyl sites for hydroxylation is 2. The molecule has 0 aliphatic rings. The third-order valence-corrected chi connectivity index (χ3v) is 3.04. The molecule has 0 saturated carbocycles. The highest BCUT2D eigenvalue weighted by molar-refractivity contribution is 5.84. The molecule has 0 amide bonds. The summed E-state index contributed by atoms with van der Waals surface area (Å²) in [4.78, 5) is 9.04. The molecule has 0 spiro atoms. The number of fused-ring (bicyclic) bond motifs is 1. The normalized spacial score (nSPS) is 11.3. The minimum Gasteiger partial charge on any atom is -0.461 e. The van der Waals surface area contributed by atoms with Gasteiger partial charge in [0, 0.05) is 25.2 Å². The summed E-state index contributed by atoms with van der Waals surface area (Å²) >= 11 is 0. The monoisotopic (exact) mass is 242 g/mol. The molecule has 0 aliphatic heterocycles. The van der Waals surface area contributed by atoms with Gasteiger partial charge in [0.05, 0.1) is 12.0 Å². The molecule has 3 rings (SSSR count). The molecule has 0 bridgehead atoms. The van der Waals surface area contributed by atoms with Gasteiger partial charge in [-0.15, -0.1) is 0 Å². The zero-order valence-electron chi connectivity index (χ0n) is 10.3. The molecule has 0 aromatic carbocycles. The SMILES string of the molecule is Cc1nc(-c2ccco2)nc2c1c(CN)cn2C. The second-order valence-electron chi connectivity index (χ2n) is 4.28. The quantitative estimate of drug-likeness (QED) is 0.746. The van der Waals surface area contributed by atoms with Crippen LogP contribution >= 0.6 is 0 Å². The van der Waals surface area contributed by atoms with E-state index in [1.165, 1.54) is 0 Å². The molecule has 5 nitrogen and oxygen atoms in total. The molecule has 0 unspecified atom stereocenters. The van der Waals surface area contributed by atoms with Crippen LogP contribution in [0.15, 0.2) is 29.0 Å². The maximum atomic E-state index is 5.74. The van der Waals surface area contributed by atoms with Gasteiger partial charge >= 0.3 is 0 Å². The minimum absolute atomic E-state index is 0.488. The Balaban J connectivity index is 2.31. The fourth-order valence-corrected chi connectivity index (χ4v) is 2.22. The Morgan fingerprint density at radius 2 is 2.22 bits per heavy atom. The third kappa shape index (κ3) is 1.52. The topological polar surface area (TPSA) is 69.9 Å². The molecule has 0 fully saturated rings. The molecule has 0 aliphatic carbocycles. The van der Waals surface area contributed by atoms with Crippen molar-refractivity contribution in [3.8, 4) is 11.6 Å². The van der Waals surface area contributed by atoms with Crippen LogP contribution in [0, 0.1) is 6.92 Å². The van der Waals surface area contributed by atoms with Gasteiger partial charge in [0.1, 0.15) is 5.65 Å². The summed E-state index contributed by atoms with van der Waals surface area (Å²) in [5, 5.41) is 1.04. The van der Waals surface area contributed by atoms with E-state index in [9.17, 15) is 0 Å². The lowest BCUT2D eigenvalue weighted by atomic mass is 10.2. The molecule has 3 aromatic rings. The van der Waals surface area contributed by atoms with Crippen molar-refractivity contribution in [2.75, 3.05) is 0 Å². The van der Waals surface area contributed by atoms with Crippen molar-refractivity contribution >= 4 is 11.0 Å². The van der Waals surface area contributed by atoms with Crippen molar-refractivity contribution in [3.05, 3.63) is 35.9 Å². The van der Waals surface area contributed by atoms with Crippen LogP contribution in [0.2, 0.25) is 0 Å². The number of aromatic nitrogens is 3. The van der Waals surface area contributed by atoms with Crippen LogP contribution in [0.25, 0.3) is 22.6 Å². The van der Waals surface area contributed by atoms with Crippen LogP contribution in [-0.2, 0) is 13.6 Å². The summed E-state index contributed by atoms with van der Waals surface area (Å²) in [5.41, 5.74) is 8.62. The average Bonchev–Trinajstić information content (AvgIpc) is 2.97. The van der Waals surface area contributed by atoms with Gasteiger partial charge in [-0.3, -0.25) is 0 Å². The van der Waals surface area contributed by atoms with Crippen LogP contribution in [0.1, 0.15) is 11.3 Å². The fraction of sp³-hybridized carbons (Fsp3) is 0.231. The van der Waals surface area contributed by atoms with Crippen molar-refractivity contribution in [3.63, 3.8) is 0 Å². The van der Waals surface area contributed by atoms with Crippen LogP contribution in [0.3, 0.4) is 0 Å². The van der Waals surface area contributed by atoms with E-state index in [1.54, 1.807) is 6.26 Å². The van der Waals surface area contributed by atoms with Gasteiger partial charge in [0.25, 0.3) is 0 Å². The Labute approximate surface area is 104 Å². The molecule has 92 valence electrons. The number of nitrogens with zero attached hydrogens (tertiary/aromatic N) is 3. The van der Waals surface area contributed by atoms with Gasteiger partial charge in [-0.25, -0.2) is 9.97 Å². The summed E-state index contributed by atoms with van der Waals surface area (Å²) in [7, 11) is 1.96. The molecule has 0 radical (unpaired) electrons. The van der Waals surface area contributed by atoms with E-state index in [-0.39, 0.29) is 0 Å². The fourth-order valence-electron chi connectivity index (χ4n) is 2.22. The van der Waals surface area contributed by atoms with Crippen molar-refractivity contribution in [2.24, 2.45) is 12.8 Å². The summed E-state index contributed by atoms with van der Waals surface area (Å²) in [6.45, 7) is 2.46. The first-order valence-electron chi connectivity index (χ1n) is 5.77. The predicted octanol–water partition coefficient (Wildman–Crippen LogP) is 2.00. The molecular weight excluding hydrogens is 228 g/mol. The molecule has 0 saturated heterocycles. The van der Waals surface area contributed by atoms with E-state index >= 15 is 0 Å². The highest BCUT2D eigenvalue weighted by Gasteiger charge is 2.14. The largest absolute Gasteiger partial charge is 0.461 e. The molecule has 5 heteroatoms. The molecule has 3 heterocycles. The van der Waals surface area contributed by atoms with Crippen LogP contribution in [0.4, 0.5) is 0 Å². The number of hydrogen-bond donors (Lipinski definition) is 1. The number of furan rings is 1. The first-order valence-corrected chi connectivity index (χ1v) is 5.77. The maximum absolute atomic E-state index is 5.74. The average molecular weight is 242 g/mol. The zero-order chi connectivity index (χ0) is 12.7. The van der Waals surface area contributed by atoms with Crippen molar-refractivity contribution in [1.82, 2.24) is 14.5 Å². The smallest absolute Gasteiger partial charge is 0.197 e. The van der Waals surface area contributed by atoms with Crippen LogP contribution < -0.4 is 5.73 Å². The Hall–Kier alpha value is -2.14. The molecule has 3 aromatic heterocycles. The number of rotatable bonds is 2. The first-order chi connectivity index (χ1) is 8.70. The molecular formula is C13H14N4O. The zero-order valence-corrected chi connectivity index (χ0v) is 10.3. The van der Waals surface area contributed by atoms with E-state index in [1.807, 2.05) is 36.9 Å². The van der Waals surface area contributed by atoms with Gasteiger partial charge in [0.2, 0.25) is 0 Å². The van der Waals surface area contributed by atoms with Gasteiger partial charge in [0.15, 0.2) is 11.6 Å². The summed E-state index contributed by atoms with van der Waals surface area (Å²) in [6, 6.07) is 3.68. The Morgan fingerprint density at radius 3 is 2.89 bits per heavy atom. The standard InChI is InChI=1S/C13H14N4O/c1-8-11-9(6-14)7-17(2)13(11)16-12(15-8)10-4-3-5-18-10/h3-5,7H,6,14H2,1-2H3. The van der Waals surface area contributed by atoms with Crippen molar-refractivity contribution in [2.45, 2.75) is 13.5 Å². The second kappa shape index (κ2) is 3.96. The van der Waals surface area contributed by atoms with E-state index in [0.29, 0.717) is 18.1 Å². The van der Waals surface area contributed by atoms with Crippen molar-refractivity contribution in [1.29, 1.82) is 0 Å². The first kappa shape index (κ1) is 11.0. The Morgan fingerprint density at radius 1 is 1.39 bits per heavy atom. The minimum atomic E-state index is 0.488. The second-order valence-corrected chi connectivity index (χ2v) is 4.28. The number of hydrogen-bond acceptors (Lipinski definition) is 4. The van der Waals surface area contributed by atoms with Crippen LogP contribution in [0.5, 0.6) is 0 Å². The lowest BCUT2D eigenvalue weighted by Crippen LogP contribution is -1.98. The summed E-state index contributed by atoms with van der Waals surface area (Å²) in [5.74, 6) is 1.28. The highest BCUT2D eigenvalue weighted by atomic mass is 16.3. The van der Waals surface area contributed by atoms with Gasteiger partial charge in [-0.2, -0.15) is 0 Å². The molecule has 0 atom stereocenters. The molecule has 2 N–H and O–H groups in total. The van der Waals surface area contributed by atoms with E-state index < -0.39 is 0 Å². The van der Waals surface area contributed by atoms with Gasteiger partial charge < -0.3 is 14.7 Å². The van der Waals surface area contributed by atoms with Gasteiger partial charge in [-0.05, 0) is 24.6 Å². The van der Waals surface area contributed by atoms with Gasteiger partial charge in [-0.1, -0.05) is 0 Å². The summed E-state index contributed by atoms with van der Waals surface area (Å²) < 4.78 is 7.31. The Kier molecular flexibility index (Phi) is 2.41. The van der Waals surface area contributed by atoms with E-state index in [0.717, 1.165) is 22.3 Å².